The van der Waals surface area contributed by atoms with Gasteiger partial charge in [0.2, 0.25) is 5.95 Å². The molecule has 6 nitrogen and oxygen atoms in total. The van der Waals surface area contributed by atoms with Crippen molar-refractivity contribution in [2.24, 2.45) is 5.73 Å². The molecule has 1 fully saturated rings. The monoisotopic (exact) mass is 346 g/mol. The number of amides is 1. The first-order valence-corrected chi connectivity index (χ1v) is 7.58. The van der Waals surface area contributed by atoms with E-state index in [2.05, 4.69) is 10.3 Å². The number of ether oxygens (including phenoxy) is 1. The highest BCUT2D eigenvalue weighted by molar-refractivity contribution is 5.90. The second kappa shape index (κ2) is 7.16. The minimum Gasteiger partial charge on any atom is -0.442 e. The summed E-state index contributed by atoms with van der Waals surface area (Å²) in [6.07, 6.45) is 2.76. The number of halogens is 2. The van der Waals surface area contributed by atoms with Crippen LogP contribution in [0.3, 0.4) is 0 Å². The molecule has 3 rings (SSSR count). The van der Waals surface area contributed by atoms with Crippen molar-refractivity contribution in [3.8, 4) is 11.1 Å². The molecule has 1 amide bonds. The maximum atomic E-state index is 14.4. The Morgan fingerprint density at radius 3 is 3.00 bits per heavy atom. The van der Waals surface area contributed by atoms with Gasteiger partial charge in [0.15, 0.2) is 0 Å². The summed E-state index contributed by atoms with van der Waals surface area (Å²) in [5, 5.41) is 2.39. The number of nitrogens with two attached hydrogens (primary N) is 1. The number of rotatable bonds is 5. The molecule has 2 aromatic rings. The molecule has 25 heavy (non-hydrogen) atoms. The molecule has 0 aliphatic carbocycles. The smallest absolute Gasteiger partial charge is 0.414 e. The maximum absolute atomic E-state index is 14.4. The number of nitrogens with one attached hydrogen (secondary N) is 1. The number of benzene rings is 1. The Morgan fingerprint density at radius 2 is 2.32 bits per heavy atom. The Labute approximate surface area is 142 Å². The lowest BCUT2D eigenvalue weighted by atomic mass is 10.1. The Bertz CT molecular complexity index is 798. The van der Waals surface area contributed by atoms with Crippen LogP contribution in [0, 0.1) is 5.82 Å². The van der Waals surface area contributed by atoms with Crippen molar-refractivity contribution in [3.63, 3.8) is 0 Å². The van der Waals surface area contributed by atoms with Crippen molar-refractivity contribution in [1.29, 1.82) is 0 Å². The van der Waals surface area contributed by atoms with E-state index in [1.807, 2.05) is 0 Å². The van der Waals surface area contributed by atoms with Gasteiger partial charge in [-0.2, -0.15) is 4.39 Å². The molecule has 3 N–H and O–H groups in total. The standard InChI is InChI=1S/C17H16F2N4O2/c18-15-6-12(3-4-14(15)11-2-1-5-21-8-11)23-10-13(25-17(23)24)9-22-16(19)7-20/h1-8,13,22H,9-10,20H2/b16-7-. The first kappa shape index (κ1) is 16.7. The normalized spacial score (nSPS) is 17.5. The average molecular weight is 346 g/mol. The highest BCUT2D eigenvalue weighted by Crippen LogP contribution is 2.28. The van der Waals surface area contributed by atoms with E-state index in [1.165, 1.54) is 11.0 Å². The molecule has 1 aromatic heterocycles. The molecule has 0 bridgehead atoms. The Hall–Kier alpha value is -3.16. The molecule has 1 aromatic carbocycles. The summed E-state index contributed by atoms with van der Waals surface area (Å²) in [4.78, 5) is 17.2. The minimum absolute atomic E-state index is 0.0675. The number of anilines is 1. The molecular weight excluding hydrogens is 330 g/mol. The molecular formula is C17H16F2N4O2. The summed E-state index contributed by atoms with van der Waals surface area (Å²) < 4.78 is 32.5. The molecule has 1 atom stereocenters. The van der Waals surface area contributed by atoms with Crippen molar-refractivity contribution >= 4 is 11.8 Å². The summed E-state index contributed by atoms with van der Waals surface area (Å²) in [7, 11) is 0. The fourth-order valence-corrected chi connectivity index (χ4v) is 2.54. The first-order chi connectivity index (χ1) is 12.1. The summed E-state index contributed by atoms with van der Waals surface area (Å²) in [5.41, 5.74) is 6.41. The number of cyclic esters (lactones) is 1. The Balaban J connectivity index is 1.74. The molecule has 1 saturated heterocycles. The van der Waals surface area contributed by atoms with Gasteiger partial charge in [0, 0.05) is 29.7 Å². The number of hydrogen-bond acceptors (Lipinski definition) is 5. The van der Waals surface area contributed by atoms with Crippen LogP contribution in [0.2, 0.25) is 0 Å². The van der Waals surface area contributed by atoms with Gasteiger partial charge in [-0.3, -0.25) is 9.88 Å². The van der Waals surface area contributed by atoms with Gasteiger partial charge in [0.1, 0.15) is 11.9 Å². The second-order valence-corrected chi connectivity index (χ2v) is 5.42. The zero-order valence-electron chi connectivity index (χ0n) is 13.2. The van der Waals surface area contributed by atoms with Crippen molar-refractivity contribution < 1.29 is 18.3 Å². The van der Waals surface area contributed by atoms with Crippen molar-refractivity contribution in [1.82, 2.24) is 10.3 Å². The molecule has 0 spiro atoms. The number of aromatic nitrogens is 1. The van der Waals surface area contributed by atoms with Crippen molar-refractivity contribution in [2.45, 2.75) is 6.10 Å². The number of pyridine rings is 1. The fourth-order valence-electron chi connectivity index (χ4n) is 2.54. The zero-order chi connectivity index (χ0) is 17.8. The zero-order valence-corrected chi connectivity index (χ0v) is 13.2. The maximum Gasteiger partial charge on any atom is 0.414 e. The topological polar surface area (TPSA) is 80.5 Å². The van der Waals surface area contributed by atoms with Gasteiger partial charge >= 0.3 is 6.09 Å². The lowest BCUT2D eigenvalue weighted by Gasteiger charge is -2.14. The lowest BCUT2D eigenvalue weighted by Crippen LogP contribution is -2.30. The highest BCUT2D eigenvalue weighted by atomic mass is 19.1. The summed E-state index contributed by atoms with van der Waals surface area (Å²) in [6.45, 7) is 0.243. The summed E-state index contributed by atoms with van der Waals surface area (Å²) in [6, 6.07) is 7.93. The van der Waals surface area contributed by atoms with E-state index in [0.29, 0.717) is 16.8 Å². The van der Waals surface area contributed by atoms with Gasteiger partial charge in [-0.15, -0.1) is 0 Å². The van der Waals surface area contributed by atoms with Crippen molar-refractivity contribution in [2.75, 3.05) is 18.0 Å². The summed E-state index contributed by atoms with van der Waals surface area (Å²) in [5.74, 6) is -1.18. The third-order valence-corrected chi connectivity index (χ3v) is 3.76. The van der Waals surface area contributed by atoms with Crippen LogP contribution in [0.5, 0.6) is 0 Å². The van der Waals surface area contributed by atoms with Gasteiger partial charge in [0.25, 0.3) is 0 Å². The molecule has 0 saturated carbocycles. The number of carbonyl (C=O) groups is 1. The van der Waals surface area contributed by atoms with Crippen LogP contribution in [0.4, 0.5) is 19.3 Å². The van der Waals surface area contributed by atoms with Crippen LogP contribution in [0.25, 0.3) is 11.1 Å². The van der Waals surface area contributed by atoms with Crippen LogP contribution in [0.1, 0.15) is 0 Å². The third kappa shape index (κ3) is 3.68. The SMILES string of the molecule is N/C=C(/F)NCC1CN(c2ccc(-c3cccnc3)c(F)c2)C(=O)O1. The van der Waals surface area contributed by atoms with Gasteiger partial charge in [-0.05, 0) is 24.3 Å². The Morgan fingerprint density at radius 1 is 1.48 bits per heavy atom. The van der Waals surface area contributed by atoms with Gasteiger partial charge in [0.05, 0.1) is 18.8 Å². The van der Waals surface area contributed by atoms with E-state index in [-0.39, 0.29) is 13.1 Å². The van der Waals surface area contributed by atoms with E-state index >= 15 is 0 Å². The van der Waals surface area contributed by atoms with Crippen LogP contribution >= 0.6 is 0 Å². The van der Waals surface area contributed by atoms with Crippen LogP contribution in [-0.2, 0) is 4.74 Å². The number of hydrogen-bond donors (Lipinski definition) is 2. The second-order valence-electron chi connectivity index (χ2n) is 5.42. The molecule has 1 aliphatic heterocycles. The lowest BCUT2D eigenvalue weighted by molar-refractivity contribution is 0.140. The predicted molar refractivity (Wildman–Crippen MR) is 88.6 cm³/mol. The number of nitrogens with zero attached hydrogens (tertiary/aromatic N) is 2. The predicted octanol–water partition coefficient (Wildman–Crippen LogP) is 2.53. The largest absolute Gasteiger partial charge is 0.442 e. The van der Waals surface area contributed by atoms with Gasteiger partial charge in [-0.1, -0.05) is 6.07 Å². The molecule has 0 radical (unpaired) electrons. The van der Waals surface area contributed by atoms with Crippen LogP contribution in [-0.4, -0.2) is 30.3 Å². The van der Waals surface area contributed by atoms with Crippen molar-refractivity contribution in [3.05, 3.63) is 60.7 Å². The van der Waals surface area contributed by atoms with E-state index in [1.54, 1.807) is 36.7 Å². The number of carbonyl (C=O) groups excluding carboxylic acids is 1. The molecule has 8 heteroatoms. The first-order valence-electron chi connectivity index (χ1n) is 7.58. The van der Waals surface area contributed by atoms with Crippen LogP contribution in [0.15, 0.2) is 54.9 Å². The van der Waals surface area contributed by atoms with E-state index in [4.69, 9.17) is 10.5 Å². The molecule has 1 unspecified atom stereocenters. The van der Waals surface area contributed by atoms with E-state index in [9.17, 15) is 13.6 Å². The van der Waals surface area contributed by atoms with E-state index in [0.717, 1.165) is 6.20 Å². The Kier molecular flexibility index (Phi) is 4.78. The van der Waals surface area contributed by atoms with Crippen LogP contribution < -0.4 is 16.0 Å². The molecule has 130 valence electrons. The van der Waals surface area contributed by atoms with Gasteiger partial charge in [-0.25, -0.2) is 9.18 Å². The fraction of sp³-hybridized carbons (Fsp3) is 0.176. The molecule has 2 heterocycles. The average Bonchev–Trinajstić information content (AvgIpc) is 3.01. The summed E-state index contributed by atoms with van der Waals surface area (Å²) >= 11 is 0. The minimum atomic E-state index is -0.707. The van der Waals surface area contributed by atoms with Gasteiger partial charge < -0.3 is 15.8 Å². The highest BCUT2D eigenvalue weighted by Gasteiger charge is 2.32. The quantitative estimate of drug-likeness (QED) is 0.813. The molecule has 1 aliphatic rings. The third-order valence-electron chi connectivity index (χ3n) is 3.76. The van der Waals surface area contributed by atoms with E-state index < -0.39 is 24.0 Å².